The monoisotopic (exact) mass is 207 g/mol. The average molecular weight is 207 g/mol. The summed E-state index contributed by atoms with van der Waals surface area (Å²) in [4.78, 5) is 0. The fraction of sp³-hybridized carbons (Fsp3) is 0.385. The van der Waals surface area contributed by atoms with Gasteiger partial charge in [0.15, 0.2) is 0 Å². The summed E-state index contributed by atoms with van der Waals surface area (Å²) in [6.07, 6.45) is 3.78. The lowest BCUT2D eigenvalue weighted by Crippen LogP contribution is -2.28. The Labute approximate surface area is 91.7 Å². The first-order valence-corrected chi connectivity index (χ1v) is 5.32. The maximum absolute atomic E-state index is 9.73. The van der Waals surface area contributed by atoms with E-state index >= 15 is 0 Å². The van der Waals surface area contributed by atoms with Crippen molar-refractivity contribution in [2.24, 2.45) is 0 Å². The summed E-state index contributed by atoms with van der Waals surface area (Å²) in [5.74, 6) is 0.324. The van der Waals surface area contributed by atoms with Gasteiger partial charge < -0.3 is 10.8 Å². The maximum atomic E-state index is 9.73. The molecule has 0 saturated heterocycles. The number of nitrogen functional groups attached to an aromatic ring is 1. The Morgan fingerprint density at radius 2 is 1.60 bits per heavy atom. The Morgan fingerprint density at radius 1 is 1.13 bits per heavy atom. The number of nitrogens with two attached hydrogens (primary N) is 1. The largest absolute Gasteiger partial charge is 0.507 e. The molecule has 1 aromatic carbocycles. The number of hydrogen-bond donors (Lipinski definition) is 2. The normalized spacial score (nSPS) is 12.3. The molecule has 3 N–H and O–H groups in total. The van der Waals surface area contributed by atoms with Gasteiger partial charge in [0.25, 0.3) is 0 Å². The number of benzene rings is 1. The van der Waals surface area contributed by atoms with Crippen LogP contribution in [0.2, 0.25) is 0 Å². The van der Waals surface area contributed by atoms with E-state index in [4.69, 9.17) is 5.73 Å². The number of aryl methyl sites for hydroxylation is 1. The van der Waals surface area contributed by atoms with Crippen molar-refractivity contribution in [1.82, 2.24) is 0 Å². The summed E-state index contributed by atoms with van der Waals surface area (Å²) < 4.78 is 0. The van der Waals surface area contributed by atoms with Gasteiger partial charge in [0.2, 0.25) is 0 Å². The Morgan fingerprint density at radius 3 is 2.00 bits per heavy atom. The van der Waals surface area contributed by atoms with Gasteiger partial charge >= 0.3 is 0 Å². The standard InChI is InChI=1S/C11H15NO.C2H6/c1-4-8-9(5-2)11(13)7(3)6-10(8)12;1-2/h4-6,13H,12H2,1-3H3;1-2H3/b8-4+,9-5+;. The van der Waals surface area contributed by atoms with E-state index in [2.05, 4.69) is 0 Å². The lowest BCUT2D eigenvalue weighted by molar-refractivity contribution is 0.466. The highest BCUT2D eigenvalue weighted by atomic mass is 16.3. The molecule has 0 aromatic heterocycles. The quantitative estimate of drug-likeness (QED) is 0.504. The first-order chi connectivity index (χ1) is 7.11. The molecular weight excluding hydrogens is 186 g/mol. The number of phenolic OH excluding ortho intramolecular Hbond substituents is 1. The highest BCUT2D eigenvalue weighted by molar-refractivity contribution is 5.54. The van der Waals surface area contributed by atoms with Crippen LogP contribution in [0, 0.1) is 6.92 Å². The van der Waals surface area contributed by atoms with Crippen LogP contribution in [-0.4, -0.2) is 5.11 Å². The van der Waals surface area contributed by atoms with Crippen molar-refractivity contribution >= 4 is 17.8 Å². The van der Waals surface area contributed by atoms with E-state index in [1.165, 1.54) is 0 Å². The third-order valence-electron chi connectivity index (χ3n) is 2.18. The van der Waals surface area contributed by atoms with Gasteiger partial charge in [-0.3, -0.25) is 0 Å². The second kappa shape index (κ2) is 6.12. The highest BCUT2D eigenvalue weighted by Crippen LogP contribution is 2.09. The number of rotatable bonds is 0. The van der Waals surface area contributed by atoms with Crippen molar-refractivity contribution in [1.29, 1.82) is 0 Å². The van der Waals surface area contributed by atoms with E-state index < -0.39 is 0 Å². The number of anilines is 1. The van der Waals surface area contributed by atoms with Crippen molar-refractivity contribution in [3.8, 4) is 5.75 Å². The summed E-state index contributed by atoms with van der Waals surface area (Å²) in [6.45, 7) is 9.65. The van der Waals surface area contributed by atoms with Crippen molar-refractivity contribution < 1.29 is 5.11 Å². The zero-order chi connectivity index (χ0) is 12.0. The molecule has 84 valence electrons. The third kappa shape index (κ3) is 2.75. The molecule has 0 aliphatic heterocycles. The summed E-state index contributed by atoms with van der Waals surface area (Å²) in [6, 6.07) is 1.79. The summed E-state index contributed by atoms with van der Waals surface area (Å²) in [7, 11) is 0. The van der Waals surface area contributed by atoms with Gasteiger partial charge in [-0.05, 0) is 32.4 Å². The highest BCUT2D eigenvalue weighted by Gasteiger charge is 2.01. The van der Waals surface area contributed by atoms with Gasteiger partial charge in [0.05, 0.1) is 0 Å². The van der Waals surface area contributed by atoms with Gasteiger partial charge in [-0.25, -0.2) is 0 Å². The molecule has 0 aliphatic rings. The molecule has 0 amide bonds. The lowest BCUT2D eigenvalue weighted by atomic mass is 10.1. The molecule has 15 heavy (non-hydrogen) atoms. The van der Waals surface area contributed by atoms with E-state index in [-0.39, 0.29) is 0 Å². The van der Waals surface area contributed by atoms with E-state index in [9.17, 15) is 5.11 Å². The topological polar surface area (TPSA) is 46.2 Å². The van der Waals surface area contributed by atoms with Gasteiger partial charge in [0, 0.05) is 16.1 Å². The van der Waals surface area contributed by atoms with Crippen LogP contribution in [0.4, 0.5) is 5.69 Å². The minimum absolute atomic E-state index is 0.324. The molecule has 0 spiro atoms. The van der Waals surface area contributed by atoms with E-state index in [1.54, 1.807) is 6.07 Å². The molecule has 0 unspecified atom stereocenters. The first-order valence-electron chi connectivity index (χ1n) is 5.32. The molecule has 0 aliphatic carbocycles. The Kier molecular flexibility index (Phi) is 5.53. The lowest BCUT2D eigenvalue weighted by Gasteiger charge is -2.03. The molecule has 0 atom stereocenters. The van der Waals surface area contributed by atoms with Gasteiger partial charge in [-0.15, -0.1) is 0 Å². The summed E-state index contributed by atoms with van der Waals surface area (Å²) in [5.41, 5.74) is 7.34. The third-order valence-corrected chi connectivity index (χ3v) is 2.18. The van der Waals surface area contributed by atoms with Crippen LogP contribution in [0.15, 0.2) is 6.07 Å². The van der Waals surface area contributed by atoms with Crippen LogP contribution in [0.5, 0.6) is 5.75 Å². The molecule has 0 radical (unpaired) electrons. The smallest absolute Gasteiger partial charge is 0.126 e. The van der Waals surface area contributed by atoms with Crippen molar-refractivity contribution in [2.75, 3.05) is 5.73 Å². The minimum Gasteiger partial charge on any atom is -0.507 e. The van der Waals surface area contributed by atoms with E-state index in [0.29, 0.717) is 11.4 Å². The minimum atomic E-state index is 0.324. The molecule has 2 heteroatoms. The predicted octanol–water partition coefficient (Wildman–Crippen LogP) is 1.91. The molecule has 0 fully saturated rings. The molecule has 0 heterocycles. The van der Waals surface area contributed by atoms with Gasteiger partial charge in [-0.1, -0.05) is 26.0 Å². The number of phenols is 1. The van der Waals surface area contributed by atoms with Crippen LogP contribution < -0.4 is 16.2 Å². The van der Waals surface area contributed by atoms with Crippen LogP contribution in [0.1, 0.15) is 33.3 Å². The fourth-order valence-corrected chi connectivity index (χ4v) is 1.49. The van der Waals surface area contributed by atoms with E-state index in [1.807, 2.05) is 46.8 Å². The fourth-order valence-electron chi connectivity index (χ4n) is 1.49. The summed E-state index contributed by atoms with van der Waals surface area (Å²) in [5, 5.41) is 11.5. The van der Waals surface area contributed by atoms with Crippen molar-refractivity contribution in [3.63, 3.8) is 0 Å². The van der Waals surface area contributed by atoms with Gasteiger partial charge in [0.1, 0.15) is 5.75 Å². The van der Waals surface area contributed by atoms with E-state index in [0.717, 1.165) is 16.0 Å². The second-order valence-electron chi connectivity index (χ2n) is 3.04. The Bertz CT molecular complexity index is 433. The van der Waals surface area contributed by atoms with Crippen LogP contribution >= 0.6 is 0 Å². The Balaban J connectivity index is 0.000000921. The number of hydrogen-bond acceptors (Lipinski definition) is 2. The first kappa shape index (κ1) is 13.6. The zero-order valence-corrected chi connectivity index (χ0v) is 10.3. The average Bonchev–Trinajstić information content (AvgIpc) is 2.25. The van der Waals surface area contributed by atoms with Crippen molar-refractivity contribution in [2.45, 2.75) is 34.6 Å². The molecular formula is C13H21NO. The van der Waals surface area contributed by atoms with Crippen molar-refractivity contribution in [3.05, 3.63) is 22.1 Å². The Hall–Kier alpha value is -1.44. The maximum Gasteiger partial charge on any atom is 0.126 e. The SMILES string of the molecule is C/C=c1/c(N)cc(C)c(O)/c1=C/C.CC. The van der Waals surface area contributed by atoms with Crippen LogP contribution in [-0.2, 0) is 0 Å². The number of aromatic hydroxyl groups is 1. The molecule has 2 nitrogen and oxygen atoms in total. The van der Waals surface area contributed by atoms with Gasteiger partial charge in [-0.2, -0.15) is 0 Å². The zero-order valence-electron chi connectivity index (χ0n) is 10.3. The second-order valence-corrected chi connectivity index (χ2v) is 3.04. The summed E-state index contributed by atoms with van der Waals surface area (Å²) >= 11 is 0. The molecule has 0 saturated carbocycles. The predicted molar refractivity (Wildman–Crippen MR) is 68.1 cm³/mol. The van der Waals surface area contributed by atoms with Crippen LogP contribution in [0.25, 0.3) is 12.2 Å². The molecule has 1 aromatic rings. The molecule has 0 bridgehead atoms. The molecule has 1 rings (SSSR count). The van der Waals surface area contributed by atoms with Crippen LogP contribution in [0.3, 0.4) is 0 Å².